The molecular formula is C12H7F4N4O2-. The smallest absolute Gasteiger partial charge is 0.451 e. The number of hydrogen-bond donors (Lipinski definition) is 1. The molecule has 0 unspecified atom stereocenters. The Morgan fingerprint density at radius 2 is 1.82 bits per heavy atom. The van der Waals surface area contributed by atoms with Crippen LogP contribution in [0.2, 0.25) is 0 Å². The van der Waals surface area contributed by atoms with Gasteiger partial charge >= 0.3 is 6.18 Å². The van der Waals surface area contributed by atoms with Crippen LogP contribution in [-0.2, 0) is 12.7 Å². The summed E-state index contributed by atoms with van der Waals surface area (Å²) < 4.78 is 50.5. The van der Waals surface area contributed by atoms with Crippen molar-refractivity contribution in [3.05, 3.63) is 41.9 Å². The fraction of sp³-hybridized carbons (Fsp3) is 0.167. The van der Waals surface area contributed by atoms with Crippen molar-refractivity contribution in [2.75, 3.05) is 0 Å². The zero-order valence-electron chi connectivity index (χ0n) is 10.7. The zero-order chi connectivity index (χ0) is 16.3. The van der Waals surface area contributed by atoms with Crippen LogP contribution in [0.5, 0.6) is 0 Å². The fourth-order valence-electron chi connectivity index (χ4n) is 1.55. The Morgan fingerprint density at radius 3 is 2.36 bits per heavy atom. The summed E-state index contributed by atoms with van der Waals surface area (Å²) in [6, 6.07) is 1.18. The van der Waals surface area contributed by atoms with Crippen molar-refractivity contribution < 1.29 is 27.5 Å². The van der Waals surface area contributed by atoms with E-state index in [1.807, 2.05) is 5.32 Å². The number of amides is 1. The number of hydrogen-bond acceptors (Lipinski definition) is 5. The Balaban J connectivity index is 2.29. The molecule has 2 rings (SSSR count). The monoisotopic (exact) mass is 315 g/mol. The highest BCUT2D eigenvalue weighted by molar-refractivity contribution is 5.62. The van der Waals surface area contributed by atoms with Gasteiger partial charge in [0.25, 0.3) is 0 Å². The van der Waals surface area contributed by atoms with E-state index in [9.17, 15) is 27.5 Å². The molecule has 0 aliphatic heterocycles. The minimum absolute atomic E-state index is 0.0471. The third-order valence-corrected chi connectivity index (χ3v) is 2.56. The lowest BCUT2D eigenvalue weighted by molar-refractivity contribution is -0.251. The number of carbonyl (C=O) groups excluding carboxylic acids is 1. The normalized spacial score (nSPS) is 11.3. The van der Waals surface area contributed by atoms with Gasteiger partial charge in [0.15, 0.2) is 0 Å². The Bertz CT molecular complexity index is 689. The highest BCUT2D eigenvalue weighted by atomic mass is 19.4. The first-order valence-electron chi connectivity index (χ1n) is 5.76. The van der Waals surface area contributed by atoms with Crippen LogP contribution in [0, 0.1) is 5.82 Å². The average molecular weight is 315 g/mol. The van der Waals surface area contributed by atoms with Gasteiger partial charge in [-0.25, -0.2) is 14.4 Å². The van der Waals surface area contributed by atoms with Crippen molar-refractivity contribution in [3.8, 4) is 11.3 Å². The molecule has 0 radical (unpaired) electrons. The van der Waals surface area contributed by atoms with Gasteiger partial charge < -0.3 is 15.2 Å². The number of alkyl halides is 3. The van der Waals surface area contributed by atoms with Crippen molar-refractivity contribution in [3.63, 3.8) is 0 Å². The van der Waals surface area contributed by atoms with Gasteiger partial charge in [-0.1, -0.05) is 0 Å². The number of carbonyl (C=O) groups is 1. The van der Waals surface area contributed by atoms with Crippen molar-refractivity contribution in [2.24, 2.45) is 0 Å². The Hall–Kier alpha value is -2.78. The number of pyridine rings is 1. The number of aromatic nitrogens is 3. The van der Waals surface area contributed by atoms with Crippen LogP contribution >= 0.6 is 0 Å². The van der Waals surface area contributed by atoms with Gasteiger partial charge in [0.1, 0.15) is 11.9 Å². The van der Waals surface area contributed by atoms with Crippen LogP contribution in [-0.4, -0.2) is 21.0 Å². The van der Waals surface area contributed by atoms with Crippen molar-refractivity contribution in [2.45, 2.75) is 12.7 Å². The van der Waals surface area contributed by atoms with Crippen molar-refractivity contribution in [1.82, 2.24) is 20.3 Å². The second kappa shape index (κ2) is 5.92. The molecular weight excluding hydrogens is 308 g/mol. The highest BCUT2D eigenvalue weighted by Crippen LogP contribution is 2.26. The fourth-order valence-corrected chi connectivity index (χ4v) is 1.55. The Labute approximate surface area is 120 Å². The second-order valence-electron chi connectivity index (χ2n) is 4.10. The van der Waals surface area contributed by atoms with E-state index in [4.69, 9.17) is 0 Å². The molecule has 6 nitrogen and oxygen atoms in total. The molecule has 1 N–H and O–H groups in total. The van der Waals surface area contributed by atoms with E-state index in [1.54, 1.807) is 0 Å². The molecule has 0 saturated carbocycles. The maximum absolute atomic E-state index is 13.5. The largest absolute Gasteiger partial charge is 0.530 e. The third-order valence-electron chi connectivity index (χ3n) is 2.56. The van der Waals surface area contributed by atoms with E-state index in [0.717, 1.165) is 18.6 Å². The quantitative estimate of drug-likeness (QED) is 0.857. The number of rotatable bonds is 3. The molecule has 0 bridgehead atoms. The standard InChI is InChI=1S/C12H8F4N4O2/c13-8-5-17-9(1-6(8)2-20-11(21)22)7-3-18-10(19-4-7)12(14,15)16/h1,3-5,20H,2H2,(H,21,22)/p-1. The van der Waals surface area contributed by atoms with Gasteiger partial charge in [-0.15, -0.1) is 0 Å². The van der Waals surface area contributed by atoms with Gasteiger partial charge in [0, 0.05) is 30.1 Å². The predicted octanol–water partition coefficient (Wildman–Crippen LogP) is 1.13. The van der Waals surface area contributed by atoms with E-state index in [-0.39, 0.29) is 23.4 Å². The van der Waals surface area contributed by atoms with Gasteiger partial charge in [0.05, 0.1) is 11.9 Å². The molecule has 116 valence electrons. The topological polar surface area (TPSA) is 90.8 Å². The first kappa shape index (κ1) is 15.6. The molecule has 1 amide bonds. The van der Waals surface area contributed by atoms with Crippen LogP contribution in [0.4, 0.5) is 22.4 Å². The molecule has 0 aromatic carbocycles. The van der Waals surface area contributed by atoms with Crippen LogP contribution in [0.1, 0.15) is 11.4 Å². The van der Waals surface area contributed by atoms with E-state index in [2.05, 4.69) is 15.0 Å². The molecule has 0 spiro atoms. The molecule has 2 heterocycles. The summed E-state index contributed by atoms with van der Waals surface area (Å²) >= 11 is 0. The van der Waals surface area contributed by atoms with E-state index < -0.39 is 23.9 Å². The summed E-state index contributed by atoms with van der Waals surface area (Å²) in [5, 5.41) is 12.2. The summed E-state index contributed by atoms with van der Waals surface area (Å²) in [7, 11) is 0. The molecule has 0 aliphatic carbocycles. The summed E-state index contributed by atoms with van der Waals surface area (Å²) in [5.41, 5.74) is 0.182. The Kier molecular flexibility index (Phi) is 4.20. The van der Waals surface area contributed by atoms with Gasteiger partial charge in [-0.2, -0.15) is 13.2 Å². The minimum atomic E-state index is -4.67. The Morgan fingerprint density at radius 1 is 1.18 bits per heavy atom. The molecule has 10 heteroatoms. The average Bonchev–Trinajstić information content (AvgIpc) is 2.45. The number of halogens is 4. The maximum atomic E-state index is 13.5. The molecule has 22 heavy (non-hydrogen) atoms. The summed E-state index contributed by atoms with van der Waals surface area (Å²) in [6.07, 6.45) is -3.65. The summed E-state index contributed by atoms with van der Waals surface area (Å²) in [5.74, 6) is -2.08. The van der Waals surface area contributed by atoms with E-state index in [1.165, 1.54) is 6.07 Å². The number of carboxylic acid groups (broad SMARTS) is 1. The summed E-state index contributed by atoms with van der Waals surface area (Å²) in [4.78, 5) is 20.3. The van der Waals surface area contributed by atoms with E-state index in [0.29, 0.717) is 0 Å². The molecule has 0 saturated heterocycles. The molecule has 0 atom stereocenters. The SMILES string of the molecule is O=C([O-])NCc1cc(-c2cnc(C(F)(F)F)nc2)ncc1F. The predicted molar refractivity (Wildman–Crippen MR) is 62.5 cm³/mol. The molecule has 0 fully saturated rings. The molecule has 2 aromatic heterocycles. The van der Waals surface area contributed by atoms with E-state index >= 15 is 0 Å². The molecule has 0 aliphatic rings. The summed E-state index contributed by atoms with van der Waals surface area (Å²) in [6.45, 7) is -0.370. The lowest BCUT2D eigenvalue weighted by atomic mass is 10.1. The highest BCUT2D eigenvalue weighted by Gasteiger charge is 2.34. The lowest BCUT2D eigenvalue weighted by Gasteiger charge is -2.09. The van der Waals surface area contributed by atoms with Gasteiger partial charge in [0.2, 0.25) is 5.82 Å². The van der Waals surface area contributed by atoms with Crippen LogP contribution in [0.25, 0.3) is 11.3 Å². The number of nitrogens with zero attached hydrogens (tertiary/aromatic N) is 3. The third kappa shape index (κ3) is 3.65. The first-order valence-corrected chi connectivity index (χ1v) is 5.76. The first-order chi connectivity index (χ1) is 10.3. The van der Waals surface area contributed by atoms with Crippen molar-refractivity contribution in [1.29, 1.82) is 0 Å². The van der Waals surface area contributed by atoms with Crippen LogP contribution < -0.4 is 10.4 Å². The zero-order valence-corrected chi connectivity index (χ0v) is 10.7. The van der Waals surface area contributed by atoms with Gasteiger partial charge in [-0.3, -0.25) is 4.98 Å². The van der Waals surface area contributed by atoms with Crippen molar-refractivity contribution >= 4 is 6.09 Å². The van der Waals surface area contributed by atoms with Crippen LogP contribution in [0.3, 0.4) is 0 Å². The minimum Gasteiger partial charge on any atom is -0.530 e. The van der Waals surface area contributed by atoms with Crippen LogP contribution in [0.15, 0.2) is 24.7 Å². The van der Waals surface area contributed by atoms with Gasteiger partial charge in [-0.05, 0) is 6.07 Å². The molecule has 2 aromatic rings. The lowest BCUT2D eigenvalue weighted by Crippen LogP contribution is -2.36. The second-order valence-corrected chi connectivity index (χ2v) is 4.10. The maximum Gasteiger partial charge on any atom is 0.451 e. The number of nitrogens with one attached hydrogen (secondary N) is 1.